The van der Waals surface area contributed by atoms with Crippen molar-refractivity contribution in [2.45, 2.75) is 19.3 Å². The second kappa shape index (κ2) is 8.40. The highest BCUT2D eigenvalue weighted by molar-refractivity contribution is 7.17. The van der Waals surface area contributed by atoms with Crippen molar-refractivity contribution in [2.24, 2.45) is 0 Å². The minimum Gasteiger partial charge on any atom is -0.439 e. The van der Waals surface area contributed by atoms with Gasteiger partial charge in [0, 0.05) is 41.4 Å². The Morgan fingerprint density at radius 1 is 0.968 bits per heavy atom. The highest BCUT2D eigenvalue weighted by atomic mass is 32.1. The number of anilines is 2. The van der Waals surface area contributed by atoms with Crippen molar-refractivity contribution in [3.05, 3.63) is 81.8 Å². The van der Waals surface area contributed by atoms with E-state index >= 15 is 0 Å². The summed E-state index contributed by atoms with van der Waals surface area (Å²) in [4.78, 5) is 27.3. The Labute approximate surface area is 183 Å². The lowest BCUT2D eigenvalue weighted by molar-refractivity contribution is 0.102. The number of benzene rings is 2. The average Bonchev–Trinajstić information content (AvgIpc) is 3.25. The number of nitrogens with one attached hydrogen (secondary N) is 1. The maximum Gasteiger partial charge on any atom is 0.255 e. The standard InChI is InChI=1S/C25H22N2O3S/c28-21-15-22(27-13-5-2-6-14-27)30-23-20(16-31-24(21)23)17-9-11-18(12-10-17)25(29)26-19-7-3-1-4-8-19/h1,3-4,7-12,15-16H,2,5-6,13-14H2,(H,26,29). The predicted octanol–water partition coefficient (Wildman–Crippen LogP) is 5.76. The molecular formula is C25H22N2O3S. The number of hydrogen-bond acceptors (Lipinski definition) is 5. The third kappa shape index (κ3) is 3.99. The van der Waals surface area contributed by atoms with Crippen molar-refractivity contribution in [2.75, 3.05) is 23.3 Å². The summed E-state index contributed by atoms with van der Waals surface area (Å²) in [5, 5.41) is 4.84. The van der Waals surface area contributed by atoms with E-state index in [1.54, 1.807) is 18.2 Å². The number of hydrogen-bond donors (Lipinski definition) is 1. The van der Waals surface area contributed by atoms with Crippen molar-refractivity contribution in [3.63, 3.8) is 0 Å². The zero-order valence-corrected chi connectivity index (χ0v) is 17.8. The molecule has 0 saturated carbocycles. The zero-order valence-electron chi connectivity index (χ0n) is 17.0. The summed E-state index contributed by atoms with van der Waals surface area (Å²) in [5.41, 5.74) is 3.75. The Morgan fingerprint density at radius 3 is 2.45 bits per heavy atom. The minimum absolute atomic E-state index is 0.00284. The van der Waals surface area contributed by atoms with E-state index in [0.29, 0.717) is 21.7 Å². The Balaban J connectivity index is 1.44. The van der Waals surface area contributed by atoms with Crippen LogP contribution in [0.1, 0.15) is 29.6 Å². The number of carbonyl (C=O) groups is 1. The topological polar surface area (TPSA) is 62.6 Å². The van der Waals surface area contributed by atoms with E-state index in [9.17, 15) is 9.59 Å². The van der Waals surface area contributed by atoms with E-state index in [2.05, 4.69) is 10.2 Å². The van der Waals surface area contributed by atoms with Crippen LogP contribution in [-0.2, 0) is 0 Å². The van der Waals surface area contributed by atoms with Crippen LogP contribution in [-0.4, -0.2) is 19.0 Å². The lowest BCUT2D eigenvalue weighted by atomic mass is 10.1. The summed E-state index contributed by atoms with van der Waals surface area (Å²) in [5.74, 6) is 0.488. The molecule has 1 fully saturated rings. The van der Waals surface area contributed by atoms with Crippen molar-refractivity contribution >= 4 is 39.1 Å². The first kappa shape index (κ1) is 19.6. The van der Waals surface area contributed by atoms with Gasteiger partial charge in [-0.05, 0) is 49.1 Å². The molecule has 2 aromatic heterocycles. The van der Waals surface area contributed by atoms with Gasteiger partial charge < -0.3 is 14.6 Å². The zero-order chi connectivity index (χ0) is 21.2. The lowest BCUT2D eigenvalue weighted by Gasteiger charge is -2.26. The minimum atomic E-state index is -0.160. The van der Waals surface area contributed by atoms with E-state index in [1.165, 1.54) is 17.8 Å². The fourth-order valence-corrected chi connectivity index (χ4v) is 4.84. The van der Waals surface area contributed by atoms with Gasteiger partial charge in [-0.1, -0.05) is 30.3 Å². The summed E-state index contributed by atoms with van der Waals surface area (Å²) in [6.07, 6.45) is 3.45. The van der Waals surface area contributed by atoms with Crippen LogP contribution >= 0.6 is 11.3 Å². The number of fused-ring (bicyclic) bond motifs is 1. The van der Waals surface area contributed by atoms with Gasteiger partial charge in [-0.25, -0.2) is 0 Å². The molecule has 0 spiro atoms. The van der Waals surface area contributed by atoms with E-state index in [0.717, 1.165) is 42.7 Å². The molecule has 0 aliphatic carbocycles. The number of carbonyl (C=O) groups excluding carboxylic acids is 1. The number of amides is 1. The molecule has 1 N–H and O–H groups in total. The smallest absolute Gasteiger partial charge is 0.255 e. The first-order chi connectivity index (χ1) is 15.2. The molecule has 2 aromatic carbocycles. The maximum atomic E-state index is 12.7. The van der Waals surface area contributed by atoms with Gasteiger partial charge in [0.2, 0.25) is 5.43 Å². The molecule has 0 atom stereocenters. The van der Waals surface area contributed by atoms with Crippen molar-refractivity contribution in [3.8, 4) is 11.1 Å². The normalized spacial score (nSPS) is 14.0. The summed E-state index contributed by atoms with van der Waals surface area (Å²) < 4.78 is 6.85. The Bertz CT molecular complexity index is 1270. The van der Waals surface area contributed by atoms with Crippen LogP contribution in [0.25, 0.3) is 21.4 Å². The van der Waals surface area contributed by atoms with Crippen LogP contribution in [0.15, 0.2) is 75.3 Å². The molecule has 5 nitrogen and oxygen atoms in total. The predicted molar refractivity (Wildman–Crippen MR) is 126 cm³/mol. The van der Waals surface area contributed by atoms with Crippen LogP contribution in [0.5, 0.6) is 0 Å². The molecule has 0 radical (unpaired) electrons. The Morgan fingerprint density at radius 2 is 1.71 bits per heavy atom. The van der Waals surface area contributed by atoms with Crippen LogP contribution in [0.2, 0.25) is 0 Å². The number of piperidine rings is 1. The molecule has 31 heavy (non-hydrogen) atoms. The molecule has 1 aliphatic heterocycles. The molecule has 1 aliphatic rings. The van der Waals surface area contributed by atoms with Crippen molar-refractivity contribution in [1.29, 1.82) is 0 Å². The molecule has 0 unspecified atom stereocenters. The monoisotopic (exact) mass is 430 g/mol. The molecule has 4 aromatic rings. The van der Waals surface area contributed by atoms with Crippen LogP contribution in [0.3, 0.4) is 0 Å². The molecule has 1 saturated heterocycles. The molecule has 156 valence electrons. The van der Waals surface area contributed by atoms with Gasteiger partial charge in [0.15, 0.2) is 11.5 Å². The quantitative estimate of drug-likeness (QED) is 0.447. The number of rotatable bonds is 4. The average molecular weight is 431 g/mol. The van der Waals surface area contributed by atoms with Crippen LogP contribution in [0.4, 0.5) is 11.6 Å². The highest BCUT2D eigenvalue weighted by Crippen LogP contribution is 2.35. The number of para-hydroxylation sites is 1. The van der Waals surface area contributed by atoms with Crippen LogP contribution < -0.4 is 15.6 Å². The SMILES string of the molecule is O=C(Nc1ccccc1)c1ccc(-c2csc3c(=O)cc(N4CCCCC4)oc23)cc1. The van der Waals surface area contributed by atoms with E-state index in [-0.39, 0.29) is 11.3 Å². The van der Waals surface area contributed by atoms with Crippen LogP contribution in [0, 0.1) is 0 Å². The Kier molecular flexibility index (Phi) is 5.30. The third-order valence-corrected chi connectivity index (χ3v) is 6.56. The first-order valence-corrected chi connectivity index (χ1v) is 11.3. The van der Waals surface area contributed by atoms with Crippen molar-refractivity contribution in [1.82, 2.24) is 0 Å². The van der Waals surface area contributed by atoms with Gasteiger partial charge >= 0.3 is 0 Å². The van der Waals surface area contributed by atoms with Gasteiger partial charge in [0.05, 0.1) is 0 Å². The molecule has 6 heteroatoms. The molecule has 0 bridgehead atoms. The van der Waals surface area contributed by atoms with Gasteiger partial charge in [-0.2, -0.15) is 0 Å². The highest BCUT2D eigenvalue weighted by Gasteiger charge is 2.18. The molecular weight excluding hydrogens is 408 g/mol. The molecule has 5 rings (SSSR count). The lowest BCUT2D eigenvalue weighted by Crippen LogP contribution is -2.29. The fourth-order valence-electron chi connectivity index (χ4n) is 3.93. The van der Waals surface area contributed by atoms with Gasteiger partial charge in [-0.3, -0.25) is 9.59 Å². The molecule has 3 heterocycles. The summed E-state index contributed by atoms with van der Waals surface area (Å²) in [6, 6.07) is 18.4. The number of thiophene rings is 1. The first-order valence-electron chi connectivity index (χ1n) is 10.5. The van der Waals surface area contributed by atoms with Crippen molar-refractivity contribution < 1.29 is 9.21 Å². The van der Waals surface area contributed by atoms with Gasteiger partial charge in [-0.15, -0.1) is 11.3 Å². The van der Waals surface area contributed by atoms with E-state index in [4.69, 9.17) is 4.42 Å². The summed E-state index contributed by atoms with van der Waals surface area (Å²) in [6.45, 7) is 1.83. The van der Waals surface area contributed by atoms with Gasteiger partial charge in [0.25, 0.3) is 5.91 Å². The maximum absolute atomic E-state index is 12.7. The Hall–Kier alpha value is -3.38. The number of nitrogens with zero attached hydrogens (tertiary/aromatic N) is 1. The summed E-state index contributed by atoms with van der Waals surface area (Å²) in [7, 11) is 0. The van der Waals surface area contributed by atoms with E-state index < -0.39 is 0 Å². The second-order valence-corrected chi connectivity index (χ2v) is 8.58. The third-order valence-electron chi connectivity index (χ3n) is 5.59. The fraction of sp³-hybridized carbons (Fsp3) is 0.200. The second-order valence-electron chi connectivity index (χ2n) is 7.70. The van der Waals surface area contributed by atoms with Gasteiger partial charge in [0.1, 0.15) is 4.70 Å². The largest absolute Gasteiger partial charge is 0.439 e. The molecule has 1 amide bonds. The van der Waals surface area contributed by atoms with E-state index in [1.807, 2.05) is 47.8 Å². The summed E-state index contributed by atoms with van der Waals surface area (Å²) >= 11 is 1.40.